The fraction of sp³-hybridized carbons (Fsp3) is 0.321. The summed E-state index contributed by atoms with van der Waals surface area (Å²) in [7, 11) is 0. The highest BCUT2D eigenvalue weighted by Crippen LogP contribution is 2.44. The van der Waals surface area contributed by atoms with E-state index in [1.54, 1.807) is 29.3 Å². The summed E-state index contributed by atoms with van der Waals surface area (Å²) in [5.74, 6) is -0.369. The first-order valence-electron chi connectivity index (χ1n) is 11.6. The summed E-state index contributed by atoms with van der Waals surface area (Å²) in [4.78, 5) is 28.9. The molecule has 0 saturated carbocycles. The van der Waals surface area contributed by atoms with Gasteiger partial charge >= 0.3 is 6.09 Å². The van der Waals surface area contributed by atoms with Gasteiger partial charge in [-0.2, -0.15) is 5.26 Å². The van der Waals surface area contributed by atoms with Gasteiger partial charge in [0, 0.05) is 31.6 Å². The lowest BCUT2D eigenvalue weighted by molar-refractivity contribution is -0.0770. The number of aromatic nitrogens is 1. The number of aromatic amines is 1. The van der Waals surface area contributed by atoms with Crippen molar-refractivity contribution in [2.45, 2.75) is 45.3 Å². The molecule has 3 aromatic rings. The van der Waals surface area contributed by atoms with Crippen molar-refractivity contribution in [3.05, 3.63) is 94.2 Å². The summed E-state index contributed by atoms with van der Waals surface area (Å²) >= 11 is 0. The number of ether oxygens (including phenoxy) is 1. The molecular weight excluding hydrogens is 445 g/mol. The Morgan fingerprint density at radius 1 is 1.09 bits per heavy atom. The zero-order valence-corrected chi connectivity index (χ0v) is 20.0. The largest absolute Gasteiger partial charge is 0.438 e. The predicted molar refractivity (Wildman–Crippen MR) is 131 cm³/mol. The van der Waals surface area contributed by atoms with Crippen molar-refractivity contribution in [3.63, 3.8) is 0 Å². The number of amides is 1. The Morgan fingerprint density at radius 2 is 1.74 bits per heavy atom. The second kappa shape index (κ2) is 9.38. The minimum Gasteiger partial charge on any atom is -0.438 e. The SMILES string of the molecule is C[C@@H](c1ccc(-c2ccc(=O)[nH]c2)cc1)N1CC[C@@](CC(C)(C)C#N)(c2ccc(F)cc2)OC1=O. The van der Waals surface area contributed by atoms with Crippen molar-refractivity contribution in [1.29, 1.82) is 5.26 Å². The summed E-state index contributed by atoms with van der Waals surface area (Å²) in [6.07, 6.45) is 1.99. The summed E-state index contributed by atoms with van der Waals surface area (Å²) in [6.45, 7) is 6.00. The van der Waals surface area contributed by atoms with Gasteiger partial charge in [0.1, 0.15) is 11.4 Å². The standard InChI is InChI=1S/C28H28FN3O3/c1-19(20-4-6-21(7-5-20)22-8-13-25(33)31-16-22)32-15-14-28(35-26(32)34,17-27(2,3)18-30)23-9-11-24(29)12-10-23/h4-13,16,19H,14-15,17H2,1-3H3,(H,31,33)/t19-,28+/m0/s1. The van der Waals surface area contributed by atoms with Gasteiger partial charge in [0.15, 0.2) is 0 Å². The van der Waals surface area contributed by atoms with Crippen molar-refractivity contribution in [1.82, 2.24) is 9.88 Å². The Morgan fingerprint density at radius 3 is 2.31 bits per heavy atom. The molecule has 1 fully saturated rings. The topological polar surface area (TPSA) is 86.2 Å². The maximum absolute atomic E-state index is 13.6. The molecule has 1 saturated heterocycles. The molecule has 1 aliphatic rings. The van der Waals surface area contributed by atoms with E-state index in [9.17, 15) is 19.2 Å². The monoisotopic (exact) mass is 473 g/mol. The van der Waals surface area contributed by atoms with Crippen LogP contribution in [0.1, 0.15) is 50.8 Å². The summed E-state index contributed by atoms with van der Waals surface area (Å²) in [5.41, 5.74) is 1.58. The minimum absolute atomic E-state index is 0.155. The Labute approximate surface area is 204 Å². The molecule has 0 unspecified atom stereocenters. The average molecular weight is 474 g/mol. The number of pyridine rings is 1. The van der Waals surface area contributed by atoms with Crippen LogP contribution in [0.15, 0.2) is 71.7 Å². The maximum atomic E-state index is 13.6. The second-order valence-electron chi connectivity index (χ2n) is 9.72. The van der Waals surface area contributed by atoms with Crippen molar-refractivity contribution in [2.24, 2.45) is 5.41 Å². The zero-order valence-electron chi connectivity index (χ0n) is 20.0. The third-order valence-electron chi connectivity index (χ3n) is 6.65. The van der Waals surface area contributed by atoms with Crippen molar-refractivity contribution < 1.29 is 13.9 Å². The minimum atomic E-state index is -1.01. The number of benzene rings is 2. The molecule has 2 heterocycles. The van der Waals surface area contributed by atoms with Crippen LogP contribution in [0.3, 0.4) is 0 Å². The van der Waals surface area contributed by atoms with Gasteiger partial charge in [-0.25, -0.2) is 9.18 Å². The van der Waals surface area contributed by atoms with E-state index in [1.807, 2.05) is 45.0 Å². The highest BCUT2D eigenvalue weighted by atomic mass is 19.1. The van der Waals surface area contributed by atoms with Gasteiger partial charge in [-0.1, -0.05) is 36.4 Å². The Hall–Kier alpha value is -3.92. The smallest absolute Gasteiger partial charge is 0.411 e. The molecule has 4 rings (SSSR count). The maximum Gasteiger partial charge on any atom is 0.411 e. The van der Waals surface area contributed by atoms with E-state index in [1.165, 1.54) is 18.2 Å². The van der Waals surface area contributed by atoms with E-state index < -0.39 is 17.1 Å². The number of nitriles is 1. The highest BCUT2D eigenvalue weighted by Gasteiger charge is 2.46. The first-order valence-corrected chi connectivity index (χ1v) is 11.6. The Balaban J connectivity index is 1.56. The summed E-state index contributed by atoms with van der Waals surface area (Å²) in [5, 5.41) is 9.62. The number of carbonyl (C=O) groups excluding carboxylic acids is 1. The number of rotatable bonds is 6. The molecule has 0 aliphatic carbocycles. The quantitative estimate of drug-likeness (QED) is 0.481. The van der Waals surface area contributed by atoms with Gasteiger partial charge < -0.3 is 14.6 Å². The van der Waals surface area contributed by atoms with Gasteiger partial charge in [0.25, 0.3) is 0 Å². The first-order chi connectivity index (χ1) is 16.6. The van der Waals surface area contributed by atoms with Crippen LogP contribution in [0.5, 0.6) is 0 Å². The number of hydrogen-bond donors (Lipinski definition) is 1. The Kier molecular flexibility index (Phi) is 6.49. The van der Waals surface area contributed by atoms with Crippen LogP contribution in [-0.4, -0.2) is 22.5 Å². The van der Waals surface area contributed by atoms with Gasteiger partial charge in [0.05, 0.1) is 17.5 Å². The number of halogens is 1. The molecule has 35 heavy (non-hydrogen) atoms. The van der Waals surface area contributed by atoms with Crippen molar-refractivity contribution in [3.8, 4) is 17.2 Å². The zero-order chi connectivity index (χ0) is 25.2. The fourth-order valence-electron chi connectivity index (χ4n) is 4.68. The van der Waals surface area contributed by atoms with E-state index in [-0.39, 0.29) is 17.4 Å². The van der Waals surface area contributed by atoms with Gasteiger partial charge in [-0.3, -0.25) is 4.79 Å². The molecule has 0 radical (unpaired) electrons. The van der Waals surface area contributed by atoms with E-state index in [0.717, 1.165) is 16.7 Å². The third kappa shape index (κ3) is 5.12. The predicted octanol–water partition coefficient (Wildman–Crippen LogP) is 5.92. The number of nitrogens with zero attached hydrogens (tertiary/aromatic N) is 2. The van der Waals surface area contributed by atoms with Crippen molar-refractivity contribution >= 4 is 6.09 Å². The lowest BCUT2D eigenvalue weighted by atomic mass is 9.75. The average Bonchev–Trinajstić information content (AvgIpc) is 2.84. The molecule has 1 aliphatic heterocycles. The van der Waals surface area contributed by atoms with Gasteiger partial charge in [-0.05, 0) is 61.2 Å². The van der Waals surface area contributed by atoms with E-state index in [4.69, 9.17) is 4.74 Å². The van der Waals surface area contributed by atoms with E-state index in [0.29, 0.717) is 24.9 Å². The summed E-state index contributed by atoms with van der Waals surface area (Å²) in [6, 6.07) is 19.1. The number of H-pyrrole nitrogens is 1. The van der Waals surface area contributed by atoms with Crippen LogP contribution in [0.25, 0.3) is 11.1 Å². The molecule has 1 N–H and O–H groups in total. The third-order valence-corrected chi connectivity index (χ3v) is 6.65. The van der Waals surface area contributed by atoms with Crippen LogP contribution in [0.4, 0.5) is 9.18 Å². The van der Waals surface area contributed by atoms with Crippen LogP contribution in [-0.2, 0) is 10.3 Å². The van der Waals surface area contributed by atoms with Crippen LogP contribution < -0.4 is 5.56 Å². The molecule has 1 amide bonds. The number of hydrogen-bond acceptors (Lipinski definition) is 4. The number of cyclic esters (lactones) is 1. The first kappa shape index (κ1) is 24.2. The van der Waals surface area contributed by atoms with E-state index >= 15 is 0 Å². The number of carbonyl (C=O) groups is 1. The van der Waals surface area contributed by atoms with Gasteiger partial charge in [-0.15, -0.1) is 0 Å². The second-order valence-corrected chi connectivity index (χ2v) is 9.72. The lowest BCUT2D eigenvalue weighted by Gasteiger charge is -2.45. The molecule has 7 heteroatoms. The van der Waals surface area contributed by atoms with Gasteiger partial charge in [0.2, 0.25) is 5.56 Å². The molecular formula is C28H28FN3O3. The molecule has 2 atom stereocenters. The van der Waals surface area contributed by atoms with Crippen LogP contribution in [0, 0.1) is 22.6 Å². The number of nitrogens with one attached hydrogen (secondary N) is 1. The van der Waals surface area contributed by atoms with Crippen molar-refractivity contribution in [2.75, 3.05) is 6.54 Å². The fourth-order valence-corrected chi connectivity index (χ4v) is 4.68. The normalized spacial score (nSPS) is 19.1. The molecule has 6 nitrogen and oxygen atoms in total. The Bertz CT molecular complexity index is 1290. The summed E-state index contributed by atoms with van der Waals surface area (Å²) < 4.78 is 19.7. The van der Waals surface area contributed by atoms with Crippen LogP contribution in [0.2, 0.25) is 0 Å². The molecule has 0 spiro atoms. The molecule has 180 valence electrons. The van der Waals surface area contributed by atoms with Crippen LogP contribution >= 0.6 is 0 Å². The molecule has 0 bridgehead atoms. The molecule has 2 aromatic carbocycles. The lowest BCUT2D eigenvalue weighted by Crippen LogP contribution is -2.50. The van der Waals surface area contributed by atoms with E-state index in [2.05, 4.69) is 11.1 Å². The molecule has 1 aromatic heterocycles. The highest BCUT2D eigenvalue weighted by molar-refractivity contribution is 5.70.